The van der Waals surface area contributed by atoms with Crippen molar-refractivity contribution in [1.82, 2.24) is 4.90 Å². The topological polar surface area (TPSA) is 80.2 Å². The van der Waals surface area contributed by atoms with Crippen LogP contribution in [0.15, 0.2) is 71.7 Å². The summed E-state index contributed by atoms with van der Waals surface area (Å²) in [6.07, 6.45) is 0.0290. The van der Waals surface area contributed by atoms with Gasteiger partial charge in [0.25, 0.3) is 0 Å². The Morgan fingerprint density at radius 3 is 2.63 bits per heavy atom. The third-order valence-corrected chi connectivity index (χ3v) is 7.03. The van der Waals surface area contributed by atoms with Crippen molar-refractivity contribution in [2.75, 3.05) is 12.1 Å². The van der Waals surface area contributed by atoms with Gasteiger partial charge in [-0.15, -0.1) is 0 Å². The summed E-state index contributed by atoms with van der Waals surface area (Å²) >= 11 is 13.3. The Hall–Kier alpha value is -3.20. The van der Waals surface area contributed by atoms with Crippen LogP contribution in [-0.2, 0) is 16.1 Å². The predicted molar refractivity (Wildman–Crippen MR) is 138 cm³/mol. The van der Waals surface area contributed by atoms with E-state index in [9.17, 15) is 9.59 Å². The quantitative estimate of drug-likeness (QED) is 0.447. The molecular weight excluding hydrogens is 509 g/mol. The maximum absolute atomic E-state index is 13.3. The SMILES string of the molecule is O=C(Nc1cccc(Cl)c1)C1CC(=O)N(Cc2ccc3c(c2)OCO3)C(=Nc2ccc(Cl)cc2)S1. The van der Waals surface area contributed by atoms with Gasteiger partial charge in [0.1, 0.15) is 5.25 Å². The van der Waals surface area contributed by atoms with Crippen molar-refractivity contribution in [3.05, 3.63) is 82.3 Å². The number of amides is 2. The van der Waals surface area contributed by atoms with Crippen LogP contribution in [0, 0.1) is 0 Å². The van der Waals surface area contributed by atoms with Gasteiger partial charge in [-0.1, -0.05) is 47.1 Å². The Bertz CT molecular complexity index is 1320. The van der Waals surface area contributed by atoms with E-state index >= 15 is 0 Å². The van der Waals surface area contributed by atoms with Crippen molar-refractivity contribution in [3.8, 4) is 11.5 Å². The molecule has 0 saturated carbocycles. The van der Waals surface area contributed by atoms with E-state index < -0.39 is 5.25 Å². The van der Waals surface area contributed by atoms with E-state index in [1.165, 1.54) is 11.8 Å². The average Bonchev–Trinajstić information content (AvgIpc) is 3.30. The lowest BCUT2D eigenvalue weighted by molar-refractivity contribution is -0.129. The van der Waals surface area contributed by atoms with Gasteiger partial charge in [0.2, 0.25) is 18.6 Å². The average molecular weight is 528 g/mol. The van der Waals surface area contributed by atoms with E-state index in [4.69, 9.17) is 32.7 Å². The number of ether oxygens (including phenoxy) is 2. The van der Waals surface area contributed by atoms with Crippen LogP contribution >= 0.6 is 35.0 Å². The standard InChI is InChI=1S/C25H19Cl2N3O4S/c26-16-5-7-18(8-6-16)29-25-30(13-15-4-9-20-21(10-15)34-14-33-20)23(31)12-22(35-25)24(32)28-19-3-1-2-17(27)11-19/h1-11,22H,12-14H2,(H,28,32). The summed E-state index contributed by atoms with van der Waals surface area (Å²) in [5.74, 6) is 0.799. The smallest absolute Gasteiger partial charge is 0.238 e. The molecule has 0 radical (unpaired) electrons. The van der Waals surface area contributed by atoms with Crippen LogP contribution < -0.4 is 14.8 Å². The number of thioether (sulfide) groups is 1. The molecule has 3 aromatic carbocycles. The zero-order valence-electron chi connectivity index (χ0n) is 18.2. The van der Waals surface area contributed by atoms with Gasteiger partial charge in [0.05, 0.1) is 12.2 Å². The minimum atomic E-state index is -0.652. The number of rotatable bonds is 5. The van der Waals surface area contributed by atoms with E-state index in [1.54, 1.807) is 53.4 Å². The Morgan fingerprint density at radius 1 is 1.03 bits per heavy atom. The Kier molecular flexibility index (Phi) is 6.86. The second-order valence-corrected chi connectivity index (χ2v) is 9.89. The van der Waals surface area contributed by atoms with Crippen LogP contribution in [0.5, 0.6) is 11.5 Å². The molecule has 35 heavy (non-hydrogen) atoms. The summed E-state index contributed by atoms with van der Waals surface area (Å²) in [4.78, 5) is 32.5. The first-order valence-corrected chi connectivity index (χ1v) is 12.3. The number of amidine groups is 1. The van der Waals surface area contributed by atoms with Gasteiger partial charge in [-0.05, 0) is 60.2 Å². The van der Waals surface area contributed by atoms with Crippen molar-refractivity contribution < 1.29 is 19.1 Å². The highest BCUT2D eigenvalue weighted by molar-refractivity contribution is 8.15. The summed E-state index contributed by atoms with van der Waals surface area (Å²) in [6.45, 7) is 0.446. The highest BCUT2D eigenvalue weighted by Gasteiger charge is 2.36. The predicted octanol–water partition coefficient (Wildman–Crippen LogP) is 5.88. The zero-order valence-corrected chi connectivity index (χ0v) is 20.6. The molecule has 7 nitrogen and oxygen atoms in total. The number of benzene rings is 3. The molecule has 2 aliphatic rings. The highest BCUT2D eigenvalue weighted by Crippen LogP contribution is 2.35. The maximum atomic E-state index is 13.3. The number of carbonyl (C=O) groups is 2. The van der Waals surface area contributed by atoms with Crippen LogP contribution in [0.3, 0.4) is 0 Å². The molecule has 1 atom stereocenters. The number of hydrogen-bond acceptors (Lipinski definition) is 6. The molecule has 1 N–H and O–H groups in total. The molecule has 3 aromatic rings. The van der Waals surface area contributed by atoms with Gasteiger partial charge in [-0.3, -0.25) is 14.5 Å². The molecule has 2 aliphatic heterocycles. The van der Waals surface area contributed by atoms with Crippen LogP contribution in [0.25, 0.3) is 0 Å². The van der Waals surface area contributed by atoms with Crippen LogP contribution in [-0.4, -0.2) is 33.9 Å². The van der Waals surface area contributed by atoms with Gasteiger partial charge in [0.15, 0.2) is 16.7 Å². The van der Waals surface area contributed by atoms with Crippen LogP contribution in [0.2, 0.25) is 10.0 Å². The lowest BCUT2D eigenvalue weighted by Gasteiger charge is -2.32. The van der Waals surface area contributed by atoms with Crippen molar-refractivity contribution in [3.63, 3.8) is 0 Å². The molecule has 0 aromatic heterocycles. The highest BCUT2D eigenvalue weighted by atomic mass is 35.5. The second kappa shape index (κ2) is 10.2. The van der Waals surface area contributed by atoms with E-state index in [1.807, 2.05) is 18.2 Å². The first kappa shape index (κ1) is 23.5. The Labute approximate surface area is 216 Å². The van der Waals surface area contributed by atoms with Crippen molar-refractivity contribution in [1.29, 1.82) is 0 Å². The third-order valence-electron chi connectivity index (χ3n) is 5.35. The summed E-state index contributed by atoms with van der Waals surface area (Å²) < 4.78 is 10.8. The largest absolute Gasteiger partial charge is 0.454 e. The fourth-order valence-corrected chi connectivity index (χ4v) is 5.05. The number of nitrogens with one attached hydrogen (secondary N) is 1. The fraction of sp³-hybridized carbons (Fsp3) is 0.160. The number of hydrogen-bond donors (Lipinski definition) is 1. The third kappa shape index (κ3) is 5.56. The maximum Gasteiger partial charge on any atom is 0.238 e. The van der Waals surface area contributed by atoms with Crippen LogP contribution in [0.4, 0.5) is 11.4 Å². The van der Waals surface area contributed by atoms with Gasteiger partial charge in [-0.25, -0.2) is 4.99 Å². The Balaban J connectivity index is 1.41. The molecule has 2 amide bonds. The van der Waals surface area contributed by atoms with Crippen molar-refractivity contribution in [2.45, 2.75) is 18.2 Å². The molecule has 0 aliphatic carbocycles. The fourth-order valence-electron chi connectivity index (χ4n) is 3.63. The summed E-state index contributed by atoms with van der Waals surface area (Å²) in [6, 6.07) is 19.4. The van der Waals surface area contributed by atoms with E-state index in [0.717, 1.165) is 5.56 Å². The summed E-state index contributed by atoms with van der Waals surface area (Å²) in [7, 11) is 0. The lowest BCUT2D eigenvalue weighted by atomic mass is 10.1. The zero-order chi connectivity index (χ0) is 24.4. The first-order valence-electron chi connectivity index (χ1n) is 10.7. The summed E-state index contributed by atoms with van der Waals surface area (Å²) in [5, 5.41) is 3.70. The Morgan fingerprint density at radius 2 is 1.83 bits per heavy atom. The molecule has 178 valence electrons. The lowest BCUT2D eigenvalue weighted by Crippen LogP contribution is -2.44. The number of halogens is 2. The van der Waals surface area contributed by atoms with Gasteiger partial charge >= 0.3 is 0 Å². The van der Waals surface area contributed by atoms with Gasteiger partial charge in [-0.2, -0.15) is 0 Å². The number of fused-ring (bicyclic) bond motifs is 1. The monoisotopic (exact) mass is 527 g/mol. The molecular formula is C25H19Cl2N3O4S. The van der Waals surface area contributed by atoms with Crippen molar-refractivity contribution >= 4 is 63.3 Å². The first-order chi connectivity index (χ1) is 16.9. The normalized spacial score (nSPS) is 18.1. The molecule has 1 fully saturated rings. The van der Waals surface area contributed by atoms with E-state index in [2.05, 4.69) is 10.3 Å². The van der Waals surface area contributed by atoms with Gasteiger partial charge in [0, 0.05) is 22.2 Å². The second-order valence-electron chi connectivity index (χ2n) is 7.85. The molecule has 2 heterocycles. The minimum Gasteiger partial charge on any atom is -0.454 e. The molecule has 0 spiro atoms. The number of nitrogens with zero attached hydrogens (tertiary/aromatic N) is 2. The molecule has 1 saturated heterocycles. The van der Waals surface area contributed by atoms with Crippen molar-refractivity contribution in [2.24, 2.45) is 4.99 Å². The van der Waals surface area contributed by atoms with Gasteiger partial charge < -0.3 is 14.8 Å². The number of aliphatic imine (C=N–C) groups is 1. The summed E-state index contributed by atoms with van der Waals surface area (Å²) in [5.41, 5.74) is 2.04. The van der Waals surface area contributed by atoms with Crippen LogP contribution in [0.1, 0.15) is 12.0 Å². The molecule has 10 heteroatoms. The minimum absolute atomic E-state index is 0.0290. The van der Waals surface area contributed by atoms with E-state index in [-0.39, 0.29) is 31.6 Å². The molecule has 1 unspecified atom stereocenters. The number of anilines is 1. The molecule has 0 bridgehead atoms. The number of carbonyl (C=O) groups excluding carboxylic acids is 2. The molecule has 5 rings (SSSR count). The van der Waals surface area contributed by atoms with E-state index in [0.29, 0.717) is 38.1 Å².